The van der Waals surface area contributed by atoms with E-state index in [1.54, 1.807) is 0 Å². The van der Waals surface area contributed by atoms with Gasteiger partial charge in [-0.05, 0) is 46.5 Å². The first kappa shape index (κ1) is 16.7. The van der Waals surface area contributed by atoms with E-state index in [-0.39, 0.29) is 17.6 Å². The molecule has 0 amide bonds. The van der Waals surface area contributed by atoms with Crippen molar-refractivity contribution in [2.75, 3.05) is 33.4 Å². The first-order chi connectivity index (χ1) is 9.82. The van der Waals surface area contributed by atoms with Gasteiger partial charge in [0.05, 0.1) is 20.3 Å². The van der Waals surface area contributed by atoms with Crippen LogP contribution in [0.3, 0.4) is 0 Å². The number of carbonyl (C=O) groups is 1. The Hall–Kier alpha value is -0.650. The fraction of sp³-hybridized carbons (Fsp3) is 0.938. The molecule has 0 aromatic rings. The molecule has 1 saturated heterocycles. The van der Waals surface area contributed by atoms with Crippen molar-refractivity contribution < 1.29 is 14.3 Å². The van der Waals surface area contributed by atoms with Gasteiger partial charge in [-0.3, -0.25) is 10.2 Å². The van der Waals surface area contributed by atoms with Crippen molar-refractivity contribution in [2.45, 2.75) is 57.7 Å². The summed E-state index contributed by atoms with van der Waals surface area (Å²) in [6.45, 7) is 11.5. The van der Waals surface area contributed by atoms with Crippen LogP contribution in [0.15, 0.2) is 0 Å². The van der Waals surface area contributed by atoms with E-state index in [1.165, 1.54) is 7.11 Å². The Balaban J connectivity index is 2.23. The predicted octanol–water partition coefficient (Wildman–Crippen LogP) is 1.42. The van der Waals surface area contributed by atoms with Crippen LogP contribution in [0.25, 0.3) is 0 Å². The summed E-state index contributed by atoms with van der Waals surface area (Å²) >= 11 is 0. The monoisotopic (exact) mass is 298 g/mol. The largest absolute Gasteiger partial charge is 0.468 e. The zero-order valence-electron chi connectivity index (χ0n) is 14.1. The van der Waals surface area contributed by atoms with E-state index in [9.17, 15) is 4.79 Å². The minimum atomic E-state index is -0.586. The molecule has 0 aromatic heterocycles. The summed E-state index contributed by atoms with van der Waals surface area (Å²) in [6, 6.07) is 0.244. The minimum absolute atomic E-state index is 0.0505. The molecule has 5 nitrogen and oxygen atoms in total. The van der Waals surface area contributed by atoms with E-state index in [2.05, 4.69) is 37.9 Å². The van der Waals surface area contributed by atoms with Gasteiger partial charge in [-0.1, -0.05) is 0 Å². The molecule has 2 aliphatic rings. The highest BCUT2D eigenvalue weighted by Crippen LogP contribution is 2.42. The lowest BCUT2D eigenvalue weighted by Crippen LogP contribution is -2.67. The molecular weight excluding hydrogens is 268 g/mol. The lowest BCUT2D eigenvalue weighted by molar-refractivity contribution is -0.154. The summed E-state index contributed by atoms with van der Waals surface area (Å²) in [6.07, 6.45) is 2.19. The third kappa shape index (κ3) is 3.58. The lowest BCUT2D eigenvalue weighted by atomic mass is 9.88. The molecule has 1 unspecified atom stereocenters. The van der Waals surface area contributed by atoms with Gasteiger partial charge in [-0.2, -0.15) is 0 Å². The fourth-order valence-corrected chi connectivity index (χ4v) is 3.34. The van der Waals surface area contributed by atoms with Gasteiger partial charge in [-0.25, -0.2) is 4.79 Å². The van der Waals surface area contributed by atoms with E-state index in [0.29, 0.717) is 19.1 Å². The van der Waals surface area contributed by atoms with Crippen molar-refractivity contribution in [2.24, 2.45) is 5.92 Å². The van der Waals surface area contributed by atoms with Crippen molar-refractivity contribution in [1.29, 1.82) is 0 Å². The van der Waals surface area contributed by atoms with Crippen molar-refractivity contribution in [1.82, 2.24) is 10.2 Å². The zero-order valence-corrected chi connectivity index (χ0v) is 14.1. The Labute approximate surface area is 128 Å². The number of carbonyl (C=O) groups excluding carboxylic acids is 1. The molecule has 5 heteroatoms. The number of ether oxygens (including phenoxy) is 2. The molecule has 122 valence electrons. The minimum Gasteiger partial charge on any atom is -0.468 e. The number of hydrogen-bond acceptors (Lipinski definition) is 5. The van der Waals surface area contributed by atoms with Crippen molar-refractivity contribution >= 4 is 5.97 Å². The number of nitrogens with one attached hydrogen (secondary N) is 1. The van der Waals surface area contributed by atoms with Gasteiger partial charge in [0.25, 0.3) is 0 Å². The smallest absolute Gasteiger partial charge is 0.327 e. The average molecular weight is 298 g/mol. The number of morpholine rings is 1. The van der Waals surface area contributed by atoms with Gasteiger partial charge in [-0.15, -0.1) is 0 Å². The summed E-state index contributed by atoms with van der Waals surface area (Å²) in [5.41, 5.74) is -0.636. The van der Waals surface area contributed by atoms with Crippen molar-refractivity contribution in [3.05, 3.63) is 0 Å². The van der Waals surface area contributed by atoms with Crippen LogP contribution >= 0.6 is 0 Å². The highest BCUT2D eigenvalue weighted by molar-refractivity contribution is 5.82. The number of nitrogens with zero attached hydrogens (tertiary/aromatic N) is 1. The van der Waals surface area contributed by atoms with E-state index < -0.39 is 5.54 Å². The highest BCUT2D eigenvalue weighted by Gasteiger charge is 2.54. The van der Waals surface area contributed by atoms with Gasteiger partial charge < -0.3 is 9.47 Å². The maximum absolute atomic E-state index is 12.6. The number of hydrogen-bond donors (Lipinski definition) is 1. The molecule has 0 aromatic carbocycles. The molecule has 1 atom stereocenters. The van der Waals surface area contributed by atoms with Crippen LogP contribution in [0.1, 0.15) is 40.5 Å². The summed E-state index contributed by atoms with van der Waals surface area (Å²) in [5, 5.41) is 3.53. The third-order valence-corrected chi connectivity index (χ3v) is 4.63. The molecule has 1 saturated carbocycles. The van der Waals surface area contributed by atoms with E-state index in [4.69, 9.17) is 9.47 Å². The van der Waals surface area contributed by atoms with E-state index in [0.717, 1.165) is 26.0 Å². The van der Waals surface area contributed by atoms with Crippen LogP contribution in [0.2, 0.25) is 0 Å². The predicted molar refractivity (Wildman–Crippen MR) is 82.2 cm³/mol. The molecule has 21 heavy (non-hydrogen) atoms. The Morgan fingerprint density at radius 2 is 2.14 bits per heavy atom. The van der Waals surface area contributed by atoms with Crippen molar-refractivity contribution in [3.63, 3.8) is 0 Å². The van der Waals surface area contributed by atoms with Crippen molar-refractivity contribution in [3.8, 4) is 0 Å². The molecule has 2 fully saturated rings. The van der Waals surface area contributed by atoms with Gasteiger partial charge in [0.15, 0.2) is 0 Å². The van der Waals surface area contributed by atoms with Gasteiger partial charge in [0, 0.05) is 24.7 Å². The van der Waals surface area contributed by atoms with Crippen LogP contribution in [0, 0.1) is 5.92 Å². The second-order valence-corrected chi connectivity index (χ2v) is 7.32. The molecule has 1 aliphatic carbocycles. The third-order valence-electron chi connectivity index (χ3n) is 4.63. The van der Waals surface area contributed by atoms with E-state index in [1.807, 2.05) is 0 Å². The molecule has 0 spiro atoms. The summed E-state index contributed by atoms with van der Waals surface area (Å²) in [5.74, 6) is 0.256. The van der Waals surface area contributed by atoms with Gasteiger partial charge >= 0.3 is 5.97 Å². The molecule has 1 aliphatic heterocycles. The Kier molecular flexibility index (Phi) is 4.96. The van der Waals surface area contributed by atoms with Crippen LogP contribution in [0.4, 0.5) is 0 Å². The standard InChI is InChI=1S/C16H30N2O3/c1-12(2)17-16(13-6-7-13,14(19)20-5)10-18-8-9-21-11-15(18,3)4/h12-13,17H,6-11H2,1-5H3. The first-order valence-electron chi connectivity index (χ1n) is 8.01. The Morgan fingerprint density at radius 3 is 2.62 bits per heavy atom. The Morgan fingerprint density at radius 1 is 1.48 bits per heavy atom. The summed E-state index contributed by atoms with van der Waals surface area (Å²) in [7, 11) is 1.49. The summed E-state index contributed by atoms with van der Waals surface area (Å²) in [4.78, 5) is 15.0. The van der Waals surface area contributed by atoms with Gasteiger partial charge in [0.2, 0.25) is 0 Å². The summed E-state index contributed by atoms with van der Waals surface area (Å²) < 4.78 is 10.8. The average Bonchev–Trinajstić information content (AvgIpc) is 3.23. The highest BCUT2D eigenvalue weighted by atomic mass is 16.5. The second kappa shape index (κ2) is 6.23. The molecule has 1 N–H and O–H groups in total. The first-order valence-corrected chi connectivity index (χ1v) is 8.01. The quantitative estimate of drug-likeness (QED) is 0.752. The molecule has 2 rings (SSSR count). The molecule has 1 heterocycles. The molecular formula is C16H30N2O3. The van der Waals surface area contributed by atoms with Gasteiger partial charge in [0.1, 0.15) is 5.54 Å². The number of methoxy groups -OCH3 is 1. The maximum Gasteiger partial charge on any atom is 0.327 e. The van der Waals surface area contributed by atoms with Crippen LogP contribution in [-0.4, -0.2) is 61.4 Å². The lowest BCUT2D eigenvalue weighted by Gasteiger charge is -2.47. The van der Waals surface area contributed by atoms with Crippen LogP contribution in [-0.2, 0) is 14.3 Å². The fourth-order valence-electron chi connectivity index (χ4n) is 3.34. The number of esters is 1. The number of rotatable bonds is 6. The Bertz CT molecular complexity index is 380. The molecule has 0 bridgehead atoms. The van der Waals surface area contributed by atoms with Crippen LogP contribution in [0.5, 0.6) is 0 Å². The zero-order chi connectivity index (χ0) is 15.7. The second-order valence-electron chi connectivity index (χ2n) is 7.32. The normalized spacial score (nSPS) is 25.6. The SMILES string of the molecule is COC(=O)C(CN1CCOCC1(C)C)(NC(C)C)C1CC1. The molecule has 0 radical (unpaired) electrons. The topological polar surface area (TPSA) is 50.8 Å². The maximum atomic E-state index is 12.6. The van der Waals surface area contributed by atoms with Crippen LogP contribution < -0.4 is 5.32 Å². The van der Waals surface area contributed by atoms with E-state index >= 15 is 0 Å².